The van der Waals surface area contributed by atoms with Crippen molar-refractivity contribution in [2.45, 2.75) is 13.8 Å². The monoisotopic (exact) mass is 276 g/mol. The van der Waals surface area contributed by atoms with Crippen LogP contribution in [0.15, 0.2) is 48.5 Å². The molecule has 0 saturated heterocycles. The number of hydrogen-bond acceptors (Lipinski definition) is 2. The van der Waals surface area contributed by atoms with Crippen molar-refractivity contribution in [3.05, 3.63) is 65.2 Å². The molecule has 104 valence electrons. The molecule has 0 unspecified atom stereocenters. The fourth-order valence-electron chi connectivity index (χ4n) is 1.95. The van der Waals surface area contributed by atoms with E-state index in [1.165, 1.54) is 6.92 Å². The third-order valence-electron chi connectivity index (χ3n) is 3.03. The molecule has 21 heavy (non-hydrogen) atoms. The predicted octanol–water partition coefficient (Wildman–Crippen LogP) is 4.02. The van der Waals surface area contributed by atoms with Gasteiger partial charge >= 0.3 is 0 Å². The van der Waals surface area contributed by atoms with E-state index in [4.69, 9.17) is 0 Å². The van der Waals surface area contributed by atoms with Crippen molar-refractivity contribution < 1.29 is 4.79 Å². The van der Waals surface area contributed by atoms with Crippen LogP contribution in [-0.2, 0) is 4.79 Å². The molecule has 0 atom stereocenters. The van der Waals surface area contributed by atoms with Crippen molar-refractivity contribution in [1.29, 1.82) is 5.26 Å². The third kappa shape index (κ3) is 4.05. The van der Waals surface area contributed by atoms with Gasteiger partial charge in [-0.1, -0.05) is 42.0 Å². The smallest absolute Gasteiger partial charge is 0.221 e. The van der Waals surface area contributed by atoms with Crippen LogP contribution in [0.1, 0.15) is 23.6 Å². The lowest BCUT2D eigenvalue weighted by molar-refractivity contribution is -0.114. The molecule has 0 spiro atoms. The van der Waals surface area contributed by atoms with E-state index in [0.717, 1.165) is 22.4 Å². The Hall–Kier alpha value is -2.86. The Morgan fingerprint density at radius 1 is 1.10 bits per heavy atom. The molecule has 3 heteroatoms. The number of aryl methyl sites for hydroxylation is 1. The minimum atomic E-state index is -0.101. The van der Waals surface area contributed by atoms with Crippen LogP contribution in [0, 0.1) is 18.3 Å². The highest BCUT2D eigenvalue weighted by Gasteiger charge is 2.01. The summed E-state index contributed by atoms with van der Waals surface area (Å²) < 4.78 is 0. The summed E-state index contributed by atoms with van der Waals surface area (Å²) in [7, 11) is 0. The molecule has 2 rings (SSSR count). The Balaban J connectivity index is 2.26. The second-order valence-electron chi connectivity index (χ2n) is 4.84. The zero-order valence-electron chi connectivity index (χ0n) is 12.1. The van der Waals surface area contributed by atoms with Crippen LogP contribution >= 0.6 is 0 Å². The van der Waals surface area contributed by atoms with E-state index in [0.29, 0.717) is 5.57 Å². The van der Waals surface area contributed by atoms with Gasteiger partial charge in [-0.25, -0.2) is 0 Å². The van der Waals surface area contributed by atoms with Gasteiger partial charge in [0, 0.05) is 12.6 Å². The summed E-state index contributed by atoms with van der Waals surface area (Å²) in [4.78, 5) is 11.0. The van der Waals surface area contributed by atoms with Crippen molar-refractivity contribution in [3.63, 3.8) is 0 Å². The fraction of sp³-hybridized carbons (Fsp3) is 0.111. The molecule has 0 heterocycles. The molecule has 0 saturated carbocycles. The maximum atomic E-state index is 11.0. The summed E-state index contributed by atoms with van der Waals surface area (Å²) in [5.41, 5.74) is 4.33. The first kappa shape index (κ1) is 14.5. The number of carbonyl (C=O) groups excluding carboxylic acids is 1. The molecule has 0 aliphatic heterocycles. The number of nitrogens with one attached hydrogen (secondary N) is 1. The summed E-state index contributed by atoms with van der Waals surface area (Å²) in [6, 6.07) is 17.5. The van der Waals surface area contributed by atoms with Crippen molar-refractivity contribution in [2.24, 2.45) is 0 Å². The van der Waals surface area contributed by atoms with Gasteiger partial charge in [0.1, 0.15) is 0 Å². The van der Waals surface area contributed by atoms with Crippen LogP contribution in [-0.4, -0.2) is 5.91 Å². The standard InChI is InChI=1S/C18H16N2O/c1-13-3-7-16(8-4-13)17(12-19)11-15-5-9-18(10-6-15)20-14(2)21/h3-11H,1-2H3,(H,20,21)/b17-11+. The number of nitrogens with zero attached hydrogens (tertiary/aromatic N) is 1. The first-order valence-corrected chi connectivity index (χ1v) is 6.65. The lowest BCUT2D eigenvalue weighted by atomic mass is 10.0. The van der Waals surface area contributed by atoms with E-state index in [2.05, 4.69) is 11.4 Å². The molecule has 2 aromatic rings. The highest BCUT2D eigenvalue weighted by Crippen LogP contribution is 2.19. The van der Waals surface area contributed by atoms with Crippen molar-refractivity contribution in [3.8, 4) is 6.07 Å². The number of amides is 1. The van der Waals surface area contributed by atoms with Gasteiger partial charge in [-0.2, -0.15) is 5.26 Å². The zero-order valence-corrected chi connectivity index (χ0v) is 12.1. The van der Waals surface area contributed by atoms with E-state index in [1.54, 1.807) is 0 Å². The summed E-state index contributed by atoms with van der Waals surface area (Å²) in [6.07, 6.45) is 1.84. The van der Waals surface area contributed by atoms with E-state index >= 15 is 0 Å². The SMILES string of the molecule is CC(=O)Nc1ccc(/C=C(\C#N)c2ccc(C)cc2)cc1. The van der Waals surface area contributed by atoms with Crippen molar-refractivity contribution in [2.75, 3.05) is 5.32 Å². The third-order valence-corrected chi connectivity index (χ3v) is 3.03. The number of benzene rings is 2. The van der Waals surface area contributed by atoms with E-state index in [-0.39, 0.29) is 5.91 Å². The molecule has 0 aliphatic rings. The number of rotatable bonds is 3. The van der Waals surface area contributed by atoms with E-state index in [9.17, 15) is 10.1 Å². The largest absolute Gasteiger partial charge is 0.326 e. The van der Waals surface area contributed by atoms with Crippen LogP contribution in [0.25, 0.3) is 11.6 Å². The Morgan fingerprint density at radius 3 is 2.24 bits per heavy atom. The molecule has 2 aromatic carbocycles. The highest BCUT2D eigenvalue weighted by atomic mass is 16.1. The highest BCUT2D eigenvalue weighted by molar-refractivity contribution is 5.91. The first-order chi connectivity index (χ1) is 10.1. The summed E-state index contributed by atoms with van der Waals surface area (Å²) in [5.74, 6) is -0.101. The number of carbonyl (C=O) groups is 1. The number of allylic oxidation sites excluding steroid dienone is 1. The average molecular weight is 276 g/mol. The van der Waals surface area contributed by atoms with Crippen LogP contribution in [0.2, 0.25) is 0 Å². The maximum absolute atomic E-state index is 11.0. The van der Waals surface area contributed by atoms with Crippen LogP contribution < -0.4 is 5.32 Å². The quantitative estimate of drug-likeness (QED) is 0.680. The molecule has 1 amide bonds. The number of anilines is 1. The van der Waals surface area contributed by atoms with Crippen LogP contribution in [0.5, 0.6) is 0 Å². The van der Waals surface area contributed by atoms with Gasteiger partial charge in [-0.3, -0.25) is 4.79 Å². The van der Waals surface area contributed by atoms with Crippen LogP contribution in [0.3, 0.4) is 0 Å². The second-order valence-corrected chi connectivity index (χ2v) is 4.84. The Morgan fingerprint density at radius 2 is 1.71 bits per heavy atom. The predicted molar refractivity (Wildman–Crippen MR) is 85.4 cm³/mol. The van der Waals surface area contributed by atoms with Gasteiger partial charge in [0.2, 0.25) is 5.91 Å². The van der Waals surface area contributed by atoms with Gasteiger partial charge in [0.25, 0.3) is 0 Å². The molecule has 0 aliphatic carbocycles. The Bertz CT molecular complexity index is 704. The van der Waals surface area contributed by atoms with Crippen molar-refractivity contribution >= 4 is 23.2 Å². The molecular weight excluding hydrogens is 260 g/mol. The summed E-state index contributed by atoms with van der Waals surface area (Å²) >= 11 is 0. The molecule has 0 radical (unpaired) electrons. The van der Waals surface area contributed by atoms with Gasteiger partial charge in [-0.15, -0.1) is 0 Å². The summed E-state index contributed by atoms with van der Waals surface area (Å²) in [5, 5.41) is 12.0. The van der Waals surface area contributed by atoms with Gasteiger partial charge in [-0.05, 0) is 36.3 Å². The van der Waals surface area contributed by atoms with Gasteiger partial charge in [0.05, 0.1) is 11.6 Å². The van der Waals surface area contributed by atoms with E-state index < -0.39 is 0 Å². The molecule has 0 aromatic heterocycles. The zero-order chi connectivity index (χ0) is 15.2. The maximum Gasteiger partial charge on any atom is 0.221 e. The Kier molecular flexibility index (Phi) is 4.53. The first-order valence-electron chi connectivity index (χ1n) is 6.65. The molecule has 0 bridgehead atoms. The lowest BCUT2D eigenvalue weighted by Crippen LogP contribution is -2.05. The number of nitriles is 1. The number of hydrogen-bond donors (Lipinski definition) is 1. The Labute approximate surface area is 124 Å². The molecule has 0 fully saturated rings. The van der Waals surface area contributed by atoms with E-state index in [1.807, 2.05) is 61.5 Å². The van der Waals surface area contributed by atoms with Gasteiger partial charge in [0.15, 0.2) is 0 Å². The van der Waals surface area contributed by atoms with Gasteiger partial charge < -0.3 is 5.32 Å². The molecule has 1 N–H and O–H groups in total. The van der Waals surface area contributed by atoms with Crippen LogP contribution in [0.4, 0.5) is 5.69 Å². The minimum absolute atomic E-state index is 0.101. The average Bonchev–Trinajstić information content (AvgIpc) is 2.47. The second kappa shape index (κ2) is 6.53. The normalized spacial score (nSPS) is 10.8. The topological polar surface area (TPSA) is 52.9 Å². The molecular formula is C18H16N2O. The molecule has 3 nitrogen and oxygen atoms in total. The minimum Gasteiger partial charge on any atom is -0.326 e. The fourth-order valence-corrected chi connectivity index (χ4v) is 1.95. The van der Waals surface area contributed by atoms with Crippen molar-refractivity contribution in [1.82, 2.24) is 0 Å². The summed E-state index contributed by atoms with van der Waals surface area (Å²) in [6.45, 7) is 3.49. The lowest BCUT2D eigenvalue weighted by Gasteiger charge is -2.03.